The van der Waals surface area contributed by atoms with Crippen LogP contribution in [-0.2, 0) is 14.3 Å². The summed E-state index contributed by atoms with van der Waals surface area (Å²) in [7, 11) is 0. The molecule has 3 atom stereocenters. The third-order valence-corrected chi connectivity index (χ3v) is 11.7. The molecule has 0 aromatic carbocycles. The molecule has 0 radical (unpaired) electrons. The molecule has 0 aliphatic carbocycles. The van der Waals surface area contributed by atoms with Gasteiger partial charge in [-0.15, -0.1) is 0 Å². The first-order chi connectivity index (χ1) is 33.0. The number of hydrogen-bond donors (Lipinski definition) is 3. The Bertz CT molecular complexity index is 1410. The van der Waals surface area contributed by atoms with E-state index in [2.05, 4.69) is 99.0 Å². The predicted molar refractivity (Wildman–Crippen MR) is 291 cm³/mol. The highest BCUT2D eigenvalue weighted by atomic mass is 16.5. The summed E-state index contributed by atoms with van der Waals surface area (Å²) in [5.41, 5.74) is 0. The molecule has 0 fully saturated rings. The van der Waals surface area contributed by atoms with E-state index in [-0.39, 0.29) is 24.9 Å². The summed E-state index contributed by atoms with van der Waals surface area (Å²) < 4.78 is 5.89. The van der Waals surface area contributed by atoms with Gasteiger partial charge in [0.1, 0.15) is 6.10 Å². The summed E-state index contributed by atoms with van der Waals surface area (Å²) >= 11 is 0. The van der Waals surface area contributed by atoms with Crippen LogP contribution in [0.5, 0.6) is 0 Å². The molecular formula is C61H101NO5. The molecule has 0 saturated carbocycles. The maximum absolute atomic E-state index is 13.2. The van der Waals surface area contributed by atoms with Gasteiger partial charge in [0, 0.05) is 6.42 Å². The molecule has 6 heteroatoms. The van der Waals surface area contributed by atoms with Crippen molar-refractivity contribution < 1.29 is 24.5 Å². The van der Waals surface area contributed by atoms with E-state index >= 15 is 0 Å². The van der Waals surface area contributed by atoms with E-state index in [1.54, 1.807) is 0 Å². The van der Waals surface area contributed by atoms with Gasteiger partial charge in [-0.25, -0.2) is 0 Å². The Morgan fingerprint density at radius 3 is 1.40 bits per heavy atom. The van der Waals surface area contributed by atoms with E-state index in [1.165, 1.54) is 83.5 Å². The van der Waals surface area contributed by atoms with E-state index < -0.39 is 18.2 Å². The highest BCUT2D eigenvalue weighted by Crippen LogP contribution is 2.17. The molecule has 3 unspecified atom stereocenters. The molecule has 0 aromatic rings. The smallest absolute Gasteiger partial charge is 0.306 e. The zero-order chi connectivity index (χ0) is 48.8. The lowest BCUT2D eigenvalue weighted by molar-refractivity contribution is -0.151. The van der Waals surface area contributed by atoms with E-state index in [9.17, 15) is 19.8 Å². The van der Waals surface area contributed by atoms with Crippen LogP contribution in [-0.4, -0.2) is 46.9 Å². The minimum absolute atomic E-state index is 0.00739. The van der Waals surface area contributed by atoms with Gasteiger partial charge >= 0.3 is 5.97 Å². The van der Waals surface area contributed by atoms with Crippen LogP contribution in [0.3, 0.4) is 0 Å². The van der Waals surface area contributed by atoms with Crippen LogP contribution in [0.15, 0.2) is 122 Å². The standard InChI is InChI=1S/C61H101NO5/c1-4-7-10-13-16-19-22-25-27-29-30-31-33-36-39-42-45-48-51-54-61(66)67-57(52-49-46-43-40-37-34-24-21-18-15-12-9-6-3)55-60(65)62-58(56-63)59(64)53-50-47-44-41-38-35-32-28-26-23-20-17-14-11-8-5-2/h7,9-10,12,15-16,18-19,21,24-25,27,30-31,34,36-37,39-40,43,57-59,63-64H,4-6,8,11,13-14,17,20,22-23,26,28-29,32-33,35,38,41-42,44-56H2,1-3H3,(H,62,65)/b10-7-,12-9+,18-15+,19-16-,24-21-,27-25-,31-30-,37-34-,39-36-,43-40+. The van der Waals surface area contributed by atoms with Crippen molar-refractivity contribution in [3.05, 3.63) is 122 Å². The molecule has 0 bridgehead atoms. The lowest BCUT2D eigenvalue weighted by Crippen LogP contribution is -2.46. The van der Waals surface area contributed by atoms with E-state index in [4.69, 9.17) is 4.74 Å². The van der Waals surface area contributed by atoms with Crippen molar-refractivity contribution in [2.75, 3.05) is 6.61 Å². The van der Waals surface area contributed by atoms with Crippen molar-refractivity contribution in [1.29, 1.82) is 0 Å². The molecule has 0 rings (SSSR count). The number of carbonyl (C=O) groups is 2. The van der Waals surface area contributed by atoms with Gasteiger partial charge in [0.15, 0.2) is 0 Å². The molecule has 0 aliphatic rings. The van der Waals surface area contributed by atoms with Gasteiger partial charge in [-0.05, 0) is 83.5 Å². The lowest BCUT2D eigenvalue weighted by Gasteiger charge is -2.24. The van der Waals surface area contributed by atoms with Crippen molar-refractivity contribution in [1.82, 2.24) is 5.32 Å². The van der Waals surface area contributed by atoms with Gasteiger partial charge in [0.2, 0.25) is 5.91 Å². The second-order valence-electron chi connectivity index (χ2n) is 18.0. The maximum atomic E-state index is 13.2. The minimum Gasteiger partial charge on any atom is -0.462 e. The Labute approximate surface area is 412 Å². The largest absolute Gasteiger partial charge is 0.462 e. The van der Waals surface area contributed by atoms with Gasteiger partial charge in [0.05, 0.1) is 25.2 Å². The first kappa shape index (κ1) is 63.3. The third kappa shape index (κ3) is 48.5. The Morgan fingerprint density at radius 1 is 0.463 bits per heavy atom. The number of ether oxygens (including phenoxy) is 1. The second-order valence-corrected chi connectivity index (χ2v) is 18.0. The summed E-state index contributed by atoms with van der Waals surface area (Å²) in [6, 6.07) is -0.741. The van der Waals surface area contributed by atoms with Crippen LogP contribution in [0.1, 0.15) is 226 Å². The topological polar surface area (TPSA) is 95.9 Å². The Kier molecular flexibility index (Phi) is 50.2. The molecular weight excluding hydrogens is 827 g/mol. The molecule has 3 N–H and O–H groups in total. The number of unbranched alkanes of at least 4 members (excludes halogenated alkanes) is 19. The van der Waals surface area contributed by atoms with Crippen LogP contribution in [0.25, 0.3) is 0 Å². The zero-order valence-corrected chi connectivity index (χ0v) is 43.2. The van der Waals surface area contributed by atoms with Crippen molar-refractivity contribution in [2.24, 2.45) is 0 Å². The van der Waals surface area contributed by atoms with Crippen molar-refractivity contribution >= 4 is 11.9 Å². The number of amides is 1. The number of nitrogens with one attached hydrogen (secondary N) is 1. The molecule has 1 amide bonds. The molecule has 0 aliphatic heterocycles. The fraction of sp³-hybridized carbons (Fsp3) is 0.639. The highest BCUT2D eigenvalue weighted by molar-refractivity contribution is 5.77. The summed E-state index contributed by atoms with van der Waals surface area (Å²) in [4.78, 5) is 26.2. The normalized spacial score (nSPS) is 14.2. The predicted octanol–water partition coefficient (Wildman–Crippen LogP) is 16.8. The van der Waals surface area contributed by atoms with E-state index in [0.29, 0.717) is 19.3 Å². The van der Waals surface area contributed by atoms with Crippen molar-refractivity contribution in [3.63, 3.8) is 0 Å². The summed E-state index contributed by atoms with van der Waals surface area (Å²) in [5, 5.41) is 23.8. The Hall–Kier alpha value is -3.74. The minimum atomic E-state index is -0.821. The number of allylic oxidation sites excluding steroid dienone is 20. The van der Waals surface area contributed by atoms with E-state index in [0.717, 1.165) is 96.3 Å². The number of rotatable bonds is 47. The Morgan fingerprint density at radius 2 is 0.896 bits per heavy atom. The SMILES string of the molecule is CC/C=C\C/C=C\C/C=C\C/C=C\C/C=C\CCCCCC(=O)OC(CCC/C=C/C=C\C=C/C=C/C=C/CC)CC(=O)NC(CO)C(O)CCCCCCCCCCCCCCCCCC. The average Bonchev–Trinajstić information content (AvgIpc) is 3.32. The van der Waals surface area contributed by atoms with Gasteiger partial charge in [-0.2, -0.15) is 0 Å². The molecule has 67 heavy (non-hydrogen) atoms. The number of hydrogen-bond acceptors (Lipinski definition) is 5. The van der Waals surface area contributed by atoms with Crippen LogP contribution in [0, 0.1) is 0 Å². The van der Waals surface area contributed by atoms with Crippen LogP contribution >= 0.6 is 0 Å². The third-order valence-electron chi connectivity index (χ3n) is 11.7. The van der Waals surface area contributed by atoms with Gasteiger partial charge in [-0.1, -0.05) is 251 Å². The Balaban J connectivity index is 4.70. The van der Waals surface area contributed by atoms with Crippen molar-refractivity contribution in [3.8, 4) is 0 Å². The summed E-state index contributed by atoms with van der Waals surface area (Å²) in [6.45, 7) is 6.20. The molecule has 0 spiro atoms. The van der Waals surface area contributed by atoms with E-state index in [1.807, 2.05) is 48.6 Å². The summed E-state index contributed by atoms with van der Waals surface area (Å²) in [6.07, 6.45) is 74.1. The zero-order valence-electron chi connectivity index (χ0n) is 43.2. The second kappa shape index (κ2) is 53.2. The average molecular weight is 928 g/mol. The van der Waals surface area contributed by atoms with Crippen molar-refractivity contribution in [2.45, 2.75) is 244 Å². The van der Waals surface area contributed by atoms with Gasteiger partial charge in [-0.3, -0.25) is 9.59 Å². The molecule has 380 valence electrons. The fourth-order valence-corrected chi connectivity index (χ4v) is 7.60. The first-order valence-corrected chi connectivity index (χ1v) is 27.3. The number of esters is 1. The van der Waals surface area contributed by atoms with Crippen LogP contribution in [0.4, 0.5) is 0 Å². The lowest BCUT2D eigenvalue weighted by atomic mass is 10.0. The quantitative estimate of drug-likeness (QED) is 0.0245. The first-order valence-electron chi connectivity index (χ1n) is 27.3. The monoisotopic (exact) mass is 928 g/mol. The van der Waals surface area contributed by atoms with Crippen LogP contribution < -0.4 is 5.32 Å². The molecule has 0 aromatic heterocycles. The molecule has 6 nitrogen and oxygen atoms in total. The fourth-order valence-electron chi connectivity index (χ4n) is 7.60. The van der Waals surface area contributed by atoms with Crippen LogP contribution in [0.2, 0.25) is 0 Å². The number of aliphatic hydroxyl groups is 2. The van der Waals surface area contributed by atoms with Gasteiger partial charge < -0.3 is 20.3 Å². The molecule has 0 heterocycles. The summed E-state index contributed by atoms with van der Waals surface area (Å²) in [5.74, 6) is -0.594. The highest BCUT2D eigenvalue weighted by Gasteiger charge is 2.24. The number of carbonyl (C=O) groups excluding carboxylic acids is 2. The molecule has 0 saturated heterocycles. The maximum Gasteiger partial charge on any atom is 0.306 e. The van der Waals surface area contributed by atoms with Gasteiger partial charge in [0.25, 0.3) is 0 Å². The number of aliphatic hydroxyl groups excluding tert-OH is 2.